The van der Waals surface area contributed by atoms with Crippen LogP contribution < -0.4 is 10.2 Å². The van der Waals surface area contributed by atoms with E-state index in [0.717, 1.165) is 0 Å². The highest BCUT2D eigenvalue weighted by Gasteiger charge is 2.52. The third-order valence-electron chi connectivity index (χ3n) is 5.54. The molecule has 4 rings (SSSR count). The van der Waals surface area contributed by atoms with E-state index in [1.165, 1.54) is 18.2 Å². The Labute approximate surface area is 172 Å². The summed E-state index contributed by atoms with van der Waals surface area (Å²) in [6, 6.07) is 11.4. The van der Waals surface area contributed by atoms with Crippen LogP contribution in [0, 0.1) is 0 Å². The summed E-state index contributed by atoms with van der Waals surface area (Å²) in [5, 5.41) is 12.9. The maximum absolute atomic E-state index is 13.1. The van der Waals surface area contributed by atoms with Gasteiger partial charge in [0.25, 0.3) is 5.91 Å². The van der Waals surface area contributed by atoms with Crippen LogP contribution in [-0.2, 0) is 9.59 Å². The minimum atomic E-state index is -0.805. The van der Waals surface area contributed by atoms with Crippen LogP contribution in [0.3, 0.4) is 0 Å². The number of aromatic hydroxyl groups is 1. The number of carbonyl (C=O) groups is 3. The average molecular weight is 414 g/mol. The number of nitrogens with zero attached hydrogens (tertiary/aromatic N) is 2. The molecule has 0 radical (unpaired) electrons. The van der Waals surface area contributed by atoms with Crippen molar-refractivity contribution in [2.45, 2.75) is 31.8 Å². The highest BCUT2D eigenvalue weighted by molar-refractivity contribution is 6.31. The van der Waals surface area contributed by atoms with Crippen LogP contribution in [0.1, 0.15) is 36.5 Å². The number of phenols is 1. The van der Waals surface area contributed by atoms with E-state index in [4.69, 9.17) is 11.6 Å². The zero-order valence-electron chi connectivity index (χ0n) is 15.8. The van der Waals surface area contributed by atoms with Gasteiger partial charge < -0.3 is 15.3 Å². The normalized spacial score (nSPS) is 20.5. The summed E-state index contributed by atoms with van der Waals surface area (Å²) in [6.45, 7) is 1.99. The molecule has 8 heteroatoms. The van der Waals surface area contributed by atoms with Gasteiger partial charge in [0.05, 0.1) is 16.9 Å². The van der Waals surface area contributed by atoms with Crippen molar-refractivity contribution in [3.63, 3.8) is 0 Å². The minimum Gasteiger partial charge on any atom is -0.506 e. The molecule has 1 unspecified atom stereocenters. The molecule has 0 bridgehead atoms. The first-order valence-corrected chi connectivity index (χ1v) is 9.71. The van der Waals surface area contributed by atoms with Gasteiger partial charge in [-0.3, -0.25) is 19.3 Å². The second-order valence-corrected chi connectivity index (χ2v) is 7.82. The summed E-state index contributed by atoms with van der Waals surface area (Å²) >= 11 is 5.91. The number of para-hydroxylation sites is 1. The first-order valence-electron chi connectivity index (χ1n) is 9.34. The van der Waals surface area contributed by atoms with Crippen molar-refractivity contribution in [1.29, 1.82) is 0 Å². The Morgan fingerprint density at radius 1 is 1.24 bits per heavy atom. The monoisotopic (exact) mass is 413 g/mol. The highest BCUT2D eigenvalue weighted by atomic mass is 35.5. The number of carbonyl (C=O) groups excluding carboxylic acids is 3. The maximum atomic E-state index is 13.1. The molecular formula is C21H20ClN3O4. The van der Waals surface area contributed by atoms with Crippen LogP contribution in [0.4, 0.5) is 11.4 Å². The van der Waals surface area contributed by atoms with E-state index in [1.54, 1.807) is 34.1 Å². The fraction of sp³-hybridized carbons (Fsp3) is 0.286. The van der Waals surface area contributed by atoms with Crippen molar-refractivity contribution >= 4 is 40.7 Å². The molecule has 29 heavy (non-hydrogen) atoms. The van der Waals surface area contributed by atoms with Crippen LogP contribution in [0.25, 0.3) is 0 Å². The van der Waals surface area contributed by atoms with Crippen LogP contribution in [-0.4, -0.2) is 39.9 Å². The van der Waals surface area contributed by atoms with Gasteiger partial charge in [-0.2, -0.15) is 0 Å². The van der Waals surface area contributed by atoms with Gasteiger partial charge in [-0.25, -0.2) is 0 Å². The van der Waals surface area contributed by atoms with Gasteiger partial charge in [-0.05, 0) is 43.7 Å². The smallest absolute Gasteiger partial charge is 0.257 e. The molecule has 7 nitrogen and oxygen atoms in total. The number of halogens is 1. The van der Waals surface area contributed by atoms with E-state index in [0.29, 0.717) is 29.1 Å². The Balaban J connectivity index is 1.55. The summed E-state index contributed by atoms with van der Waals surface area (Å²) in [4.78, 5) is 41.4. The van der Waals surface area contributed by atoms with Gasteiger partial charge in [-0.15, -0.1) is 0 Å². The fourth-order valence-corrected chi connectivity index (χ4v) is 4.25. The number of hydrogen-bond donors (Lipinski definition) is 2. The number of hydrogen-bond acceptors (Lipinski definition) is 4. The molecule has 1 atom stereocenters. The molecule has 1 fully saturated rings. The molecule has 0 aliphatic carbocycles. The molecule has 0 saturated carbocycles. The number of fused-ring (bicyclic) bond motifs is 3. The molecular weight excluding hydrogens is 394 g/mol. The van der Waals surface area contributed by atoms with E-state index in [9.17, 15) is 19.5 Å². The Morgan fingerprint density at radius 2 is 2.00 bits per heavy atom. The Morgan fingerprint density at radius 3 is 2.79 bits per heavy atom. The predicted octanol–water partition coefficient (Wildman–Crippen LogP) is 3.37. The lowest BCUT2D eigenvalue weighted by Crippen LogP contribution is -2.62. The van der Waals surface area contributed by atoms with Crippen molar-refractivity contribution in [1.82, 2.24) is 4.90 Å². The van der Waals surface area contributed by atoms with Crippen molar-refractivity contribution in [2.75, 3.05) is 16.8 Å². The summed E-state index contributed by atoms with van der Waals surface area (Å²) in [5.41, 5.74) is 0.475. The zero-order chi connectivity index (χ0) is 20.8. The number of amides is 3. The molecule has 2 aromatic rings. The molecule has 0 spiro atoms. The SMILES string of the molecule is CC12CCC(=O)N1c1ccccc1C(=O)N2CCC(=O)Nc1cc(Cl)ccc1O. The molecule has 2 aliphatic rings. The molecule has 0 aromatic heterocycles. The molecule has 2 N–H and O–H groups in total. The zero-order valence-corrected chi connectivity index (χ0v) is 16.6. The standard InChI is InChI=1S/C21H20ClN3O4/c1-21-10-8-19(28)25(21)16-5-3-2-4-14(16)20(29)24(21)11-9-18(27)23-15-12-13(22)6-7-17(15)26/h2-7,12,26H,8-11H2,1H3,(H,23,27). The summed E-state index contributed by atoms with van der Waals surface area (Å²) < 4.78 is 0. The van der Waals surface area contributed by atoms with Crippen molar-refractivity contribution < 1.29 is 19.5 Å². The number of nitrogens with one attached hydrogen (secondary N) is 1. The largest absolute Gasteiger partial charge is 0.506 e. The molecule has 150 valence electrons. The van der Waals surface area contributed by atoms with Crippen LogP contribution >= 0.6 is 11.6 Å². The van der Waals surface area contributed by atoms with Gasteiger partial charge in [-0.1, -0.05) is 23.7 Å². The van der Waals surface area contributed by atoms with Gasteiger partial charge in [0.15, 0.2) is 0 Å². The van der Waals surface area contributed by atoms with Crippen LogP contribution in [0.2, 0.25) is 5.02 Å². The highest BCUT2D eigenvalue weighted by Crippen LogP contribution is 2.44. The lowest BCUT2D eigenvalue weighted by atomic mass is 9.98. The van der Waals surface area contributed by atoms with E-state index in [-0.39, 0.29) is 42.1 Å². The lowest BCUT2D eigenvalue weighted by Gasteiger charge is -2.48. The lowest BCUT2D eigenvalue weighted by molar-refractivity contribution is -0.117. The predicted molar refractivity (Wildman–Crippen MR) is 109 cm³/mol. The third kappa shape index (κ3) is 3.21. The number of phenolic OH excluding ortho intramolecular Hbond substituents is 1. The number of rotatable bonds is 4. The maximum Gasteiger partial charge on any atom is 0.257 e. The van der Waals surface area contributed by atoms with Crippen molar-refractivity contribution in [3.8, 4) is 5.75 Å². The minimum absolute atomic E-state index is 0.0114. The Hall–Kier alpha value is -3.06. The van der Waals surface area contributed by atoms with E-state index in [1.807, 2.05) is 6.92 Å². The van der Waals surface area contributed by atoms with E-state index < -0.39 is 5.66 Å². The van der Waals surface area contributed by atoms with E-state index >= 15 is 0 Å². The molecule has 1 saturated heterocycles. The van der Waals surface area contributed by atoms with E-state index in [2.05, 4.69) is 5.32 Å². The van der Waals surface area contributed by atoms with Crippen molar-refractivity contribution in [2.24, 2.45) is 0 Å². The number of anilines is 2. The van der Waals surface area contributed by atoms with Crippen LogP contribution in [0.15, 0.2) is 42.5 Å². The first kappa shape index (κ1) is 19.3. The Kier molecular flexibility index (Phi) is 4.70. The fourth-order valence-electron chi connectivity index (χ4n) is 4.08. The second kappa shape index (κ2) is 7.08. The van der Waals surface area contributed by atoms with Gasteiger partial charge in [0.2, 0.25) is 11.8 Å². The van der Waals surface area contributed by atoms with Gasteiger partial charge in [0, 0.05) is 24.4 Å². The van der Waals surface area contributed by atoms with Crippen LogP contribution in [0.5, 0.6) is 5.75 Å². The molecule has 2 aromatic carbocycles. The summed E-state index contributed by atoms with van der Waals surface area (Å²) in [5.74, 6) is -0.697. The summed E-state index contributed by atoms with van der Waals surface area (Å²) in [6.07, 6.45) is 0.858. The average Bonchev–Trinajstić information content (AvgIpc) is 3.00. The van der Waals surface area contributed by atoms with Gasteiger partial charge in [0.1, 0.15) is 11.4 Å². The Bertz CT molecular complexity index is 1020. The molecule has 2 heterocycles. The number of benzene rings is 2. The molecule has 3 amide bonds. The quantitative estimate of drug-likeness (QED) is 0.752. The molecule has 2 aliphatic heterocycles. The second-order valence-electron chi connectivity index (χ2n) is 7.38. The van der Waals surface area contributed by atoms with Gasteiger partial charge >= 0.3 is 0 Å². The first-order chi connectivity index (χ1) is 13.8. The summed E-state index contributed by atoms with van der Waals surface area (Å²) in [7, 11) is 0. The topological polar surface area (TPSA) is 90.0 Å². The van der Waals surface area contributed by atoms with Crippen molar-refractivity contribution in [3.05, 3.63) is 53.1 Å². The third-order valence-corrected chi connectivity index (χ3v) is 5.78.